The smallest absolute Gasteiger partial charge is 0.230 e. The zero-order chi connectivity index (χ0) is 20.4. The number of aromatic nitrogens is 1. The monoisotopic (exact) mass is 394 g/mol. The highest BCUT2D eigenvalue weighted by atomic mass is 16.5. The minimum Gasteiger partial charge on any atom is -0.493 e. The van der Waals surface area contributed by atoms with Gasteiger partial charge in [-0.15, -0.1) is 0 Å². The molecule has 2 aromatic carbocycles. The molecule has 150 valence electrons. The number of fused-ring (bicyclic) bond motifs is 1. The van der Waals surface area contributed by atoms with E-state index in [1.165, 1.54) is 0 Å². The lowest BCUT2D eigenvalue weighted by atomic mass is 10.1. The number of nitrogens with one attached hydrogen (secondary N) is 1. The van der Waals surface area contributed by atoms with E-state index >= 15 is 0 Å². The van der Waals surface area contributed by atoms with Crippen LogP contribution in [0, 0.1) is 0 Å². The maximum Gasteiger partial charge on any atom is 0.230 e. The van der Waals surface area contributed by atoms with Crippen LogP contribution in [0.1, 0.15) is 18.2 Å². The molecule has 0 saturated heterocycles. The first-order valence-corrected chi connectivity index (χ1v) is 9.33. The number of hydrogen-bond donors (Lipinski definition) is 1. The van der Waals surface area contributed by atoms with Gasteiger partial charge in [-0.1, -0.05) is 5.16 Å². The second-order valence-corrected chi connectivity index (χ2v) is 6.93. The molecule has 1 aromatic heterocycles. The molecule has 1 amide bonds. The quantitative estimate of drug-likeness (QED) is 0.684. The van der Waals surface area contributed by atoms with Crippen molar-refractivity contribution in [3.8, 4) is 28.6 Å². The lowest BCUT2D eigenvalue weighted by molar-refractivity contribution is -0.115. The normalized spacial score (nSPS) is 14.8. The number of ether oxygens (including phenoxy) is 3. The van der Waals surface area contributed by atoms with Crippen LogP contribution in [0.4, 0.5) is 5.69 Å². The van der Waals surface area contributed by atoms with Gasteiger partial charge in [0.05, 0.1) is 26.3 Å². The standard InChI is InChI=1S/C22H22N2O5/c1-13-8-15-9-14(4-6-18(15)28-13)20-11-17(24-29-20)12-22(25)23-16-5-7-19(26-2)21(10-16)27-3/h4-7,9-11,13H,8,12H2,1-3H3,(H,23,25). The van der Waals surface area contributed by atoms with Gasteiger partial charge >= 0.3 is 0 Å². The van der Waals surface area contributed by atoms with E-state index in [1.54, 1.807) is 38.5 Å². The van der Waals surface area contributed by atoms with E-state index in [1.807, 2.05) is 25.1 Å². The van der Waals surface area contributed by atoms with Crippen LogP contribution in [-0.4, -0.2) is 31.4 Å². The molecule has 29 heavy (non-hydrogen) atoms. The minimum atomic E-state index is -0.201. The van der Waals surface area contributed by atoms with Crippen molar-refractivity contribution in [2.45, 2.75) is 25.9 Å². The summed E-state index contributed by atoms with van der Waals surface area (Å²) in [6.07, 6.45) is 1.16. The topological polar surface area (TPSA) is 82.8 Å². The first kappa shape index (κ1) is 18.9. The largest absolute Gasteiger partial charge is 0.493 e. The molecule has 1 aliphatic rings. The van der Waals surface area contributed by atoms with Crippen molar-refractivity contribution >= 4 is 11.6 Å². The summed E-state index contributed by atoms with van der Waals surface area (Å²) in [5.41, 5.74) is 3.24. The van der Waals surface area contributed by atoms with Crippen molar-refractivity contribution < 1.29 is 23.5 Å². The highest BCUT2D eigenvalue weighted by Gasteiger charge is 2.20. The molecule has 0 spiro atoms. The minimum absolute atomic E-state index is 0.100. The molecule has 1 N–H and O–H groups in total. The van der Waals surface area contributed by atoms with Gasteiger partial charge in [-0.25, -0.2) is 0 Å². The average Bonchev–Trinajstić information content (AvgIpc) is 3.32. The molecule has 0 saturated carbocycles. The molecule has 0 fully saturated rings. The zero-order valence-electron chi connectivity index (χ0n) is 16.5. The fraction of sp³-hybridized carbons (Fsp3) is 0.273. The number of nitrogens with zero attached hydrogens (tertiary/aromatic N) is 1. The Kier molecular flexibility index (Phi) is 5.12. The van der Waals surface area contributed by atoms with Gasteiger partial charge in [0.25, 0.3) is 0 Å². The number of amides is 1. The molecule has 3 aromatic rings. The fourth-order valence-corrected chi connectivity index (χ4v) is 3.39. The Labute approximate surface area is 168 Å². The zero-order valence-corrected chi connectivity index (χ0v) is 16.5. The van der Waals surface area contributed by atoms with Gasteiger partial charge in [0.2, 0.25) is 5.91 Å². The van der Waals surface area contributed by atoms with Crippen LogP contribution in [0.3, 0.4) is 0 Å². The number of methoxy groups -OCH3 is 2. The highest BCUT2D eigenvalue weighted by Crippen LogP contribution is 2.33. The van der Waals surface area contributed by atoms with Gasteiger partial charge in [0.1, 0.15) is 11.9 Å². The Morgan fingerprint density at radius 1 is 1.14 bits per heavy atom. The second kappa shape index (κ2) is 7.87. The molecule has 0 aliphatic carbocycles. The summed E-state index contributed by atoms with van der Waals surface area (Å²) < 4.78 is 21.6. The molecule has 7 heteroatoms. The van der Waals surface area contributed by atoms with Crippen LogP contribution >= 0.6 is 0 Å². The van der Waals surface area contributed by atoms with Crippen molar-refractivity contribution in [3.05, 3.63) is 53.7 Å². The van der Waals surface area contributed by atoms with E-state index < -0.39 is 0 Å². The summed E-state index contributed by atoms with van der Waals surface area (Å²) in [5.74, 6) is 2.48. The van der Waals surface area contributed by atoms with Crippen LogP contribution in [0.2, 0.25) is 0 Å². The summed E-state index contributed by atoms with van der Waals surface area (Å²) in [5, 5.41) is 6.86. The van der Waals surface area contributed by atoms with Gasteiger partial charge in [-0.05, 0) is 42.8 Å². The van der Waals surface area contributed by atoms with Crippen molar-refractivity contribution in [2.24, 2.45) is 0 Å². The Morgan fingerprint density at radius 3 is 2.76 bits per heavy atom. The van der Waals surface area contributed by atoms with E-state index in [9.17, 15) is 4.79 Å². The van der Waals surface area contributed by atoms with Crippen molar-refractivity contribution in [2.75, 3.05) is 19.5 Å². The number of hydrogen-bond acceptors (Lipinski definition) is 6. The van der Waals surface area contributed by atoms with Crippen LogP contribution in [0.25, 0.3) is 11.3 Å². The average molecular weight is 394 g/mol. The third-order valence-electron chi connectivity index (χ3n) is 4.75. The molecule has 4 rings (SSSR count). The molecule has 0 radical (unpaired) electrons. The first-order chi connectivity index (χ1) is 14.1. The van der Waals surface area contributed by atoms with E-state index in [-0.39, 0.29) is 18.4 Å². The molecule has 1 unspecified atom stereocenters. The van der Waals surface area contributed by atoms with Crippen LogP contribution in [0.5, 0.6) is 17.2 Å². The van der Waals surface area contributed by atoms with Crippen LogP contribution < -0.4 is 19.5 Å². The molecular weight excluding hydrogens is 372 g/mol. The number of benzene rings is 2. The summed E-state index contributed by atoms with van der Waals surface area (Å²) in [7, 11) is 3.11. The Balaban J connectivity index is 1.43. The number of rotatable bonds is 6. The number of carbonyl (C=O) groups excluding carboxylic acids is 1. The maximum absolute atomic E-state index is 12.4. The van der Waals surface area contributed by atoms with E-state index in [4.69, 9.17) is 18.7 Å². The Morgan fingerprint density at radius 2 is 1.97 bits per heavy atom. The van der Waals surface area contributed by atoms with E-state index in [0.29, 0.717) is 28.6 Å². The lowest BCUT2D eigenvalue weighted by Crippen LogP contribution is -2.14. The lowest BCUT2D eigenvalue weighted by Gasteiger charge is -2.10. The van der Waals surface area contributed by atoms with Crippen molar-refractivity contribution in [1.29, 1.82) is 0 Å². The molecule has 1 aliphatic heterocycles. The highest BCUT2D eigenvalue weighted by molar-refractivity contribution is 5.92. The molecule has 2 heterocycles. The Bertz CT molecular complexity index is 1040. The summed E-state index contributed by atoms with van der Waals surface area (Å²) in [4.78, 5) is 12.4. The maximum atomic E-state index is 12.4. The number of anilines is 1. The van der Waals surface area contributed by atoms with Crippen molar-refractivity contribution in [1.82, 2.24) is 5.16 Å². The molecule has 7 nitrogen and oxygen atoms in total. The molecule has 1 atom stereocenters. The van der Waals surface area contributed by atoms with Gasteiger partial charge in [0, 0.05) is 29.8 Å². The third-order valence-corrected chi connectivity index (χ3v) is 4.75. The summed E-state index contributed by atoms with van der Waals surface area (Å²) in [6, 6.07) is 12.9. The van der Waals surface area contributed by atoms with E-state index in [0.717, 1.165) is 23.3 Å². The van der Waals surface area contributed by atoms with Crippen LogP contribution in [0.15, 0.2) is 47.0 Å². The Hall–Kier alpha value is -3.48. The fourth-order valence-electron chi connectivity index (χ4n) is 3.39. The van der Waals surface area contributed by atoms with E-state index in [2.05, 4.69) is 10.5 Å². The van der Waals surface area contributed by atoms with Gasteiger partial charge in [-0.2, -0.15) is 0 Å². The third kappa shape index (κ3) is 4.03. The van der Waals surface area contributed by atoms with Crippen molar-refractivity contribution in [3.63, 3.8) is 0 Å². The molecular formula is C22H22N2O5. The van der Waals surface area contributed by atoms with Gasteiger partial charge in [0.15, 0.2) is 17.3 Å². The second-order valence-electron chi connectivity index (χ2n) is 6.93. The number of carbonyl (C=O) groups is 1. The van der Waals surface area contributed by atoms with Crippen LogP contribution in [-0.2, 0) is 17.6 Å². The summed E-state index contributed by atoms with van der Waals surface area (Å²) in [6.45, 7) is 2.04. The molecule has 0 bridgehead atoms. The first-order valence-electron chi connectivity index (χ1n) is 9.33. The summed E-state index contributed by atoms with van der Waals surface area (Å²) >= 11 is 0. The predicted molar refractivity (Wildman–Crippen MR) is 108 cm³/mol. The SMILES string of the molecule is COc1ccc(NC(=O)Cc2cc(-c3ccc4c(c3)CC(C)O4)on2)cc1OC. The van der Waals surface area contributed by atoms with Gasteiger partial charge < -0.3 is 24.1 Å². The predicted octanol–water partition coefficient (Wildman–Crippen LogP) is 3.86. The van der Waals surface area contributed by atoms with Gasteiger partial charge in [-0.3, -0.25) is 4.79 Å².